The van der Waals surface area contributed by atoms with Gasteiger partial charge in [-0.05, 0) is 61.9 Å². The number of carbonyl (C=O) groups is 1. The minimum atomic E-state index is -4.04. The number of benzene rings is 1. The summed E-state index contributed by atoms with van der Waals surface area (Å²) in [6.45, 7) is 11.3. The van der Waals surface area contributed by atoms with E-state index in [1.54, 1.807) is 28.8 Å². The van der Waals surface area contributed by atoms with Crippen LogP contribution in [0.3, 0.4) is 0 Å². The minimum Gasteiger partial charge on any atom is -0.464 e. The number of nitrogens with one attached hydrogen (secondary N) is 1. The molecule has 1 amide bonds. The first-order chi connectivity index (χ1) is 19.6. The predicted molar refractivity (Wildman–Crippen MR) is 164 cm³/mol. The highest BCUT2D eigenvalue weighted by Crippen LogP contribution is 2.21. The molecule has 1 aromatic carbocycles. The Morgan fingerprint density at radius 1 is 1.02 bits per heavy atom. The molecule has 1 atom stereocenters. The van der Waals surface area contributed by atoms with Gasteiger partial charge in [0.2, 0.25) is 26.0 Å². The quantitative estimate of drug-likeness (QED) is 0.239. The normalized spacial score (nSPS) is 13.5. The smallest absolute Gasteiger partial charge is 0.241 e. The van der Waals surface area contributed by atoms with Crippen molar-refractivity contribution in [3.8, 4) is 0 Å². The van der Waals surface area contributed by atoms with E-state index in [9.17, 15) is 21.6 Å². The number of sulfonamides is 2. The topological polar surface area (TPSA) is 135 Å². The van der Waals surface area contributed by atoms with Gasteiger partial charge in [-0.25, -0.2) is 16.8 Å². The molecule has 42 heavy (non-hydrogen) atoms. The summed E-state index contributed by atoms with van der Waals surface area (Å²) in [6.07, 6.45) is 3.75. The zero-order valence-electron chi connectivity index (χ0n) is 25.7. The van der Waals surface area contributed by atoms with Crippen LogP contribution in [0.15, 0.2) is 45.9 Å². The number of furan rings is 1. The summed E-state index contributed by atoms with van der Waals surface area (Å²) >= 11 is 0. The highest BCUT2D eigenvalue weighted by molar-refractivity contribution is 7.89. The maximum absolute atomic E-state index is 13.8. The Kier molecular flexibility index (Phi) is 11.4. The molecule has 0 saturated carbocycles. The van der Waals surface area contributed by atoms with Gasteiger partial charge in [0.1, 0.15) is 11.6 Å². The molecule has 234 valence electrons. The molecular formula is C29H45N5O6S2. The number of nitrogens with zero attached hydrogens (tertiary/aromatic N) is 4. The van der Waals surface area contributed by atoms with E-state index < -0.39 is 26.1 Å². The molecule has 0 spiro atoms. The highest BCUT2D eigenvalue weighted by atomic mass is 32.2. The van der Waals surface area contributed by atoms with Gasteiger partial charge in [0.25, 0.3) is 0 Å². The number of hydrogen-bond acceptors (Lipinski definition) is 7. The van der Waals surface area contributed by atoms with Crippen molar-refractivity contribution in [3.05, 3.63) is 48.0 Å². The number of fused-ring (bicyclic) bond motifs is 1. The van der Waals surface area contributed by atoms with Gasteiger partial charge in [0, 0.05) is 37.8 Å². The lowest BCUT2D eigenvalue weighted by molar-refractivity contribution is -0.134. The molecule has 2 aromatic heterocycles. The van der Waals surface area contributed by atoms with Crippen molar-refractivity contribution in [1.29, 1.82) is 0 Å². The maximum atomic E-state index is 13.8. The molecule has 0 unspecified atom stereocenters. The van der Waals surface area contributed by atoms with Gasteiger partial charge in [-0.3, -0.25) is 9.48 Å². The number of unbranched alkanes of at least 4 members (excludes halogenated alkanes) is 1. The number of hydrogen-bond donors (Lipinski definition) is 1. The fraction of sp³-hybridized carbons (Fsp3) is 0.586. The molecular weight excluding hydrogens is 578 g/mol. The van der Waals surface area contributed by atoms with Crippen LogP contribution in [0.4, 0.5) is 0 Å². The van der Waals surface area contributed by atoms with Crippen molar-refractivity contribution >= 4 is 36.9 Å². The lowest BCUT2D eigenvalue weighted by atomic mass is 10.1. The average Bonchev–Trinajstić information content (AvgIpc) is 3.47. The number of aromatic nitrogens is 2. The summed E-state index contributed by atoms with van der Waals surface area (Å²) in [5.41, 5.74) is 2.14. The second kappa shape index (κ2) is 14.2. The van der Waals surface area contributed by atoms with Gasteiger partial charge in [-0.15, -0.1) is 0 Å². The van der Waals surface area contributed by atoms with Gasteiger partial charge in [-0.1, -0.05) is 34.1 Å². The first-order valence-electron chi connectivity index (χ1n) is 14.3. The van der Waals surface area contributed by atoms with Gasteiger partial charge in [0.15, 0.2) is 0 Å². The van der Waals surface area contributed by atoms with E-state index in [0.717, 1.165) is 11.9 Å². The van der Waals surface area contributed by atoms with Gasteiger partial charge in [-0.2, -0.15) is 14.1 Å². The zero-order chi connectivity index (χ0) is 31.2. The second-order valence-electron chi connectivity index (χ2n) is 11.8. The van der Waals surface area contributed by atoms with E-state index in [4.69, 9.17) is 4.42 Å². The Morgan fingerprint density at radius 3 is 2.26 bits per heavy atom. The van der Waals surface area contributed by atoms with Crippen molar-refractivity contribution < 1.29 is 26.0 Å². The molecule has 3 rings (SSSR count). The summed E-state index contributed by atoms with van der Waals surface area (Å²) in [6, 6.07) is 7.10. The molecule has 0 aliphatic heterocycles. The second-order valence-corrected chi connectivity index (χ2v) is 15.5. The SMILES string of the molecule is Cc1cc(CN(CCCC[C@H](NS(=O)(=O)c2ccc3occc3c2)C(=O)N(CC(C)C)CC(C)C)S(C)(=O)=O)nn1C. The summed E-state index contributed by atoms with van der Waals surface area (Å²) in [7, 11) is -5.75. The van der Waals surface area contributed by atoms with Crippen LogP contribution in [0.5, 0.6) is 0 Å². The third-order valence-electron chi connectivity index (χ3n) is 6.93. The van der Waals surface area contributed by atoms with Crippen LogP contribution in [0.2, 0.25) is 0 Å². The number of carbonyl (C=O) groups excluding carboxylic acids is 1. The molecule has 0 bridgehead atoms. The van der Waals surface area contributed by atoms with Crippen LogP contribution in [0, 0.1) is 18.8 Å². The molecule has 0 radical (unpaired) electrons. The number of amides is 1. The van der Waals surface area contributed by atoms with Crippen molar-refractivity contribution in [2.75, 3.05) is 25.9 Å². The number of rotatable bonds is 16. The van der Waals surface area contributed by atoms with Crippen molar-refractivity contribution in [1.82, 2.24) is 23.7 Å². The third-order valence-corrected chi connectivity index (χ3v) is 9.65. The van der Waals surface area contributed by atoms with Gasteiger partial charge >= 0.3 is 0 Å². The van der Waals surface area contributed by atoms with E-state index in [0.29, 0.717) is 42.6 Å². The van der Waals surface area contributed by atoms with Crippen LogP contribution in [-0.2, 0) is 38.4 Å². The third kappa shape index (κ3) is 9.38. The average molecular weight is 624 g/mol. The molecule has 13 heteroatoms. The van der Waals surface area contributed by atoms with E-state index >= 15 is 0 Å². The Morgan fingerprint density at radius 2 is 1.69 bits per heavy atom. The van der Waals surface area contributed by atoms with Gasteiger partial charge in [0.05, 0.1) is 29.7 Å². The summed E-state index contributed by atoms with van der Waals surface area (Å²) in [5, 5.41) is 5.02. The van der Waals surface area contributed by atoms with Crippen LogP contribution >= 0.6 is 0 Å². The Hall–Kier alpha value is -2.74. The summed E-state index contributed by atoms with van der Waals surface area (Å²) < 4.78 is 63.0. The molecule has 0 aliphatic rings. The standard InChI is InChI=1S/C29H45N5O6S2/c1-21(2)18-33(19-22(3)4)29(35)27(31-42(38,39)26-11-12-28-24(17-26)13-15-40-28)10-8-9-14-34(41(7,36)37)20-25-16-23(5)32(6)30-25/h11-13,15-17,21-22,27,31H,8-10,14,18-20H2,1-7H3/t27-/m0/s1. The van der Waals surface area contributed by atoms with Crippen LogP contribution in [0.25, 0.3) is 11.0 Å². The van der Waals surface area contributed by atoms with Crippen molar-refractivity contribution in [2.45, 2.75) is 71.4 Å². The fourth-order valence-electron chi connectivity index (χ4n) is 4.85. The molecule has 1 N–H and O–H groups in total. The largest absolute Gasteiger partial charge is 0.464 e. The molecule has 0 fully saturated rings. The monoisotopic (exact) mass is 623 g/mol. The van der Waals surface area contributed by atoms with E-state index in [1.807, 2.05) is 40.7 Å². The Bertz CT molecular complexity index is 1530. The highest BCUT2D eigenvalue weighted by Gasteiger charge is 2.30. The fourth-order valence-corrected chi connectivity index (χ4v) is 6.93. The Labute approximate surface area is 250 Å². The minimum absolute atomic E-state index is 0.0439. The lowest BCUT2D eigenvalue weighted by Crippen LogP contribution is -2.50. The zero-order valence-corrected chi connectivity index (χ0v) is 27.3. The molecule has 0 saturated heterocycles. The first kappa shape index (κ1) is 33.8. The van der Waals surface area contributed by atoms with Crippen molar-refractivity contribution in [2.24, 2.45) is 18.9 Å². The first-order valence-corrected chi connectivity index (χ1v) is 17.6. The predicted octanol–water partition coefficient (Wildman–Crippen LogP) is 3.89. The molecule has 0 aliphatic carbocycles. The summed E-state index contributed by atoms with van der Waals surface area (Å²) in [5.74, 6) is 0.119. The van der Waals surface area contributed by atoms with Gasteiger partial charge < -0.3 is 9.32 Å². The van der Waals surface area contributed by atoms with Crippen LogP contribution < -0.4 is 4.72 Å². The van der Waals surface area contributed by atoms with Crippen LogP contribution in [-0.4, -0.2) is 73.7 Å². The molecule has 3 aromatic rings. The lowest BCUT2D eigenvalue weighted by Gasteiger charge is -2.30. The van der Waals surface area contributed by atoms with Crippen molar-refractivity contribution in [3.63, 3.8) is 0 Å². The maximum Gasteiger partial charge on any atom is 0.241 e. The molecule has 2 heterocycles. The van der Waals surface area contributed by atoms with E-state index in [1.165, 1.54) is 22.7 Å². The summed E-state index contributed by atoms with van der Waals surface area (Å²) in [4.78, 5) is 15.6. The molecule has 11 nitrogen and oxygen atoms in total. The Balaban J connectivity index is 1.78. The van der Waals surface area contributed by atoms with Crippen LogP contribution in [0.1, 0.15) is 58.3 Å². The van der Waals surface area contributed by atoms with E-state index in [2.05, 4.69) is 9.82 Å². The van der Waals surface area contributed by atoms with E-state index in [-0.39, 0.29) is 42.1 Å². The number of aryl methyl sites for hydroxylation is 2.